The zero-order valence-corrected chi connectivity index (χ0v) is 11.6. The minimum absolute atomic E-state index is 0.218. The normalized spacial score (nSPS) is 11.8. The van der Waals surface area contributed by atoms with Crippen molar-refractivity contribution < 1.29 is 0 Å². The summed E-state index contributed by atoms with van der Waals surface area (Å²) >= 11 is 7.46. The first-order chi connectivity index (χ1) is 8.69. The van der Waals surface area contributed by atoms with Crippen LogP contribution in [0.25, 0.3) is 0 Å². The summed E-state index contributed by atoms with van der Waals surface area (Å²) in [5, 5.41) is 14.1. The van der Waals surface area contributed by atoms with E-state index < -0.39 is 0 Å². The van der Waals surface area contributed by atoms with Gasteiger partial charge in [0.05, 0.1) is 16.8 Å². The summed E-state index contributed by atoms with van der Waals surface area (Å²) in [5.74, 6) is 0. The number of nitrogens with one attached hydrogen (secondary N) is 1. The number of hydrogen-bond donors (Lipinski definition) is 1. The molecule has 92 valence electrons. The molecule has 0 amide bonds. The van der Waals surface area contributed by atoms with Crippen LogP contribution in [0.15, 0.2) is 35.7 Å². The highest BCUT2D eigenvalue weighted by Gasteiger charge is 2.07. The number of nitriles is 1. The lowest BCUT2D eigenvalue weighted by molar-refractivity contribution is 0.890. The Hall–Kier alpha value is -1.50. The van der Waals surface area contributed by atoms with Gasteiger partial charge in [-0.2, -0.15) is 5.26 Å². The SMILES string of the molecule is CC(Nc1ccc(CC#N)cc1)c1csc(Cl)c1. The second-order valence-electron chi connectivity index (χ2n) is 4.08. The lowest BCUT2D eigenvalue weighted by atomic mass is 10.1. The molecule has 0 aliphatic rings. The van der Waals surface area contributed by atoms with E-state index >= 15 is 0 Å². The monoisotopic (exact) mass is 276 g/mol. The number of rotatable bonds is 4. The van der Waals surface area contributed by atoms with Crippen molar-refractivity contribution in [3.8, 4) is 6.07 Å². The van der Waals surface area contributed by atoms with E-state index in [0.717, 1.165) is 15.6 Å². The van der Waals surface area contributed by atoms with E-state index in [-0.39, 0.29) is 6.04 Å². The molecule has 0 spiro atoms. The minimum Gasteiger partial charge on any atom is -0.378 e. The molecule has 4 heteroatoms. The Bertz CT molecular complexity index is 554. The molecule has 2 aromatic rings. The van der Waals surface area contributed by atoms with Crippen molar-refractivity contribution in [2.75, 3.05) is 5.32 Å². The van der Waals surface area contributed by atoms with Gasteiger partial charge in [0.15, 0.2) is 0 Å². The Kier molecular flexibility index (Phi) is 4.24. The number of anilines is 1. The molecule has 18 heavy (non-hydrogen) atoms. The number of nitrogens with zero attached hydrogens (tertiary/aromatic N) is 1. The van der Waals surface area contributed by atoms with Crippen LogP contribution >= 0.6 is 22.9 Å². The summed E-state index contributed by atoms with van der Waals surface area (Å²) in [6.07, 6.45) is 0.454. The molecule has 0 aliphatic heterocycles. The van der Waals surface area contributed by atoms with Gasteiger partial charge in [-0.15, -0.1) is 11.3 Å². The highest BCUT2D eigenvalue weighted by atomic mass is 35.5. The molecular weight excluding hydrogens is 264 g/mol. The van der Waals surface area contributed by atoms with Crippen molar-refractivity contribution in [1.82, 2.24) is 0 Å². The summed E-state index contributed by atoms with van der Waals surface area (Å²) in [4.78, 5) is 0. The van der Waals surface area contributed by atoms with Crippen molar-refractivity contribution in [2.45, 2.75) is 19.4 Å². The van der Waals surface area contributed by atoms with Gasteiger partial charge in [-0.1, -0.05) is 23.7 Å². The quantitative estimate of drug-likeness (QED) is 0.883. The second kappa shape index (κ2) is 5.90. The van der Waals surface area contributed by atoms with Crippen molar-refractivity contribution in [3.63, 3.8) is 0 Å². The maximum Gasteiger partial charge on any atom is 0.0931 e. The average molecular weight is 277 g/mol. The molecule has 1 aromatic carbocycles. The zero-order valence-electron chi connectivity index (χ0n) is 9.98. The third-order valence-electron chi connectivity index (χ3n) is 2.71. The van der Waals surface area contributed by atoms with Gasteiger partial charge in [-0.3, -0.25) is 0 Å². The van der Waals surface area contributed by atoms with Gasteiger partial charge in [0.25, 0.3) is 0 Å². The van der Waals surface area contributed by atoms with Gasteiger partial charge in [-0.05, 0) is 41.6 Å². The predicted molar refractivity (Wildman–Crippen MR) is 77.1 cm³/mol. The molecule has 1 heterocycles. The summed E-state index contributed by atoms with van der Waals surface area (Å²) in [5.41, 5.74) is 3.27. The van der Waals surface area contributed by atoms with Crippen LogP contribution in [0, 0.1) is 11.3 Å². The van der Waals surface area contributed by atoms with E-state index in [2.05, 4.69) is 23.7 Å². The number of thiophene rings is 1. The topological polar surface area (TPSA) is 35.8 Å². The van der Waals surface area contributed by atoms with Crippen LogP contribution in [0.3, 0.4) is 0 Å². The van der Waals surface area contributed by atoms with Crippen LogP contribution in [-0.4, -0.2) is 0 Å². The van der Waals surface area contributed by atoms with Crippen molar-refractivity contribution >= 4 is 28.6 Å². The third kappa shape index (κ3) is 3.25. The van der Waals surface area contributed by atoms with E-state index in [4.69, 9.17) is 16.9 Å². The molecule has 1 atom stereocenters. The Morgan fingerprint density at radius 1 is 1.39 bits per heavy atom. The number of benzene rings is 1. The Morgan fingerprint density at radius 2 is 2.11 bits per heavy atom. The zero-order chi connectivity index (χ0) is 13.0. The molecule has 0 saturated carbocycles. The van der Waals surface area contributed by atoms with Crippen LogP contribution in [0.1, 0.15) is 24.1 Å². The fourth-order valence-corrected chi connectivity index (χ4v) is 2.68. The fourth-order valence-electron chi connectivity index (χ4n) is 1.69. The smallest absolute Gasteiger partial charge is 0.0931 e. The maximum absolute atomic E-state index is 8.61. The molecule has 1 N–H and O–H groups in total. The predicted octanol–water partition coefficient (Wildman–Crippen LogP) is 4.64. The summed E-state index contributed by atoms with van der Waals surface area (Å²) in [7, 11) is 0. The third-order valence-corrected chi connectivity index (χ3v) is 3.82. The van der Waals surface area contributed by atoms with Crippen molar-refractivity contribution in [1.29, 1.82) is 5.26 Å². The van der Waals surface area contributed by atoms with Gasteiger partial charge in [0.2, 0.25) is 0 Å². The summed E-state index contributed by atoms with van der Waals surface area (Å²) < 4.78 is 0.808. The van der Waals surface area contributed by atoms with Crippen LogP contribution < -0.4 is 5.32 Å². The van der Waals surface area contributed by atoms with E-state index in [1.165, 1.54) is 5.56 Å². The average Bonchev–Trinajstić information content (AvgIpc) is 2.79. The maximum atomic E-state index is 8.61. The molecule has 0 saturated heterocycles. The van der Waals surface area contributed by atoms with E-state index in [9.17, 15) is 0 Å². The first-order valence-corrected chi connectivity index (χ1v) is 6.91. The lowest BCUT2D eigenvalue weighted by Crippen LogP contribution is -2.05. The van der Waals surface area contributed by atoms with Gasteiger partial charge in [-0.25, -0.2) is 0 Å². The van der Waals surface area contributed by atoms with Crippen LogP contribution in [0.5, 0.6) is 0 Å². The van der Waals surface area contributed by atoms with Crippen molar-refractivity contribution in [2.24, 2.45) is 0 Å². The van der Waals surface area contributed by atoms with Crippen molar-refractivity contribution in [3.05, 3.63) is 51.2 Å². The summed E-state index contributed by atoms with van der Waals surface area (Å²) in [6.45, 7) is 2.10. The first-order valence-electron chi connectivity index (χ1n) is 5.65. The Labute approximate surface area is 116 Å². The largest absolute Gasteiger partial charge is 0.378 e. The Balaban J connectivity index is 2.03. The summed E-state index contributed by atoms with van der Waals surface area (Å²) in [6, 6.07) is 12.3. The number of hydrogen-bond acceptors (Lipinski definition) is 3. The van der Waals surface area contributed by atoms with Crippen LogP contribution in [0.2, 0.25) is 4.34 Å². The standard InChI is InChI=1S/C14H13ClN2S/c1-10(12-8-14(15)18-9-12)17-13-4-2-11(3-5-13)6-7-16/h2-5,8-10,17H,6H2,1H3. The number of halogens is 1. The van der Waals surface area contributed by atoms with E-state index in [1.807, 2.05) is 30.3 Å². The molecule has 0 aliphatic carbocycles. The van der Waals surface area contributed by atoms with Crippen LogP contribution in [0.4, 0.5) is 5.69 Å². The molecule has 0 bridgehead atoms. The second-order valence-corrected chi connectivity index (χ2v) is 5.62. The highest BCUT2D eigenvalue weighted by molar-refractivity contribution is 7.14. The highest BCUT2D eigenvalue weighted by Crippen LogP contribution is 2.27. The molecule has 2 nitrogen and oxygen atoms in total. The minimum atomic E-state index is 0.218. The first kappa shape index (κ1) is 12.9. The molecule has 0 fully saturated rings. The van der Waals surface area contributed by atoms with Gasteiger partial charge in [0, 0.05) is 11.7 Å². The Morgan fingerprint density at radius 3 is 2.67 bits per heavy atom. The molecular formula is C14H13ClN2S. The van der Waals surface area contributed by atoms with Crippen LogP contribution in [-0.2, 0) is 6.42 Å². The van der Waals surface area contributed by atoms with Gasteiger partial charge in [0.1, 0.15) is 0 Å². The molecule has 0 radical (unpaired) electrons. The fraction of sp³-hybridized carbons (Fsp3) is 0.214. The molecule has 1 aromatic heterocycles. The van der Waals surface area contributed by atoms with E-state index in [0.29, 0.717) is 6.42 Å². The lowest BCUT2D eigenvalue weighted by Gasteiger charge is -2.14. The van der Waals surface area contributed by atoms with E-state index in [1.54, 1.807) is 11.3 Å². The van der Waals surface area contributed by atoms with Gasteiger partial charge < -0.3 is 5.32 Å². The molecule has 1 unspecified atom stereocenters. The van der Waals surface area contributed by atoms with Gasteiger partial charge >= 0.3 is 0 Å². The molecule has 2 rings (SSSR count).